The lowest BCUT2D eigenvalue weighted by Crippen LogP contribution is -1.98. The second kappa shape index (κ2) is 3.31. The molecule has 1 aromatic carbocycles. The highest BCUT2D eigenvalue weighted by Crippen LogP contribution is 2.24. The van der Waals surface area contributed by atoms with E-state index in [4.69, 9.17) is 5.73 Å². The molecular formula is C11H8FN3S. The van der Waals surface area contributed by atoms with Gasteiger partial charge in [-0.05, 0) is 23.6 Å². The van der Waals surface area contributed by atoms with E-state index in [-0.39, 0.29) is 5.82 Å². The molecule has 0 bridgehead atoms. The smallest absolute Gasteiger partial charge is 0.205 e. The van der Waals surface area contributed by atoms with Gasteiger partial charge in [0.2, 0.25) is 5.95 Å². The Morgan fingerprint density at radius 1 is 1.31 bits per heavy atom. The van der Waals surface area contributed by atoms with E-state index in [0.717, 1.165) is 5.69 Å². The molecule has 0 fully saturated rings. The van der Waals surface area contributed by atoms with Crippen molar-refractivity contribution in [2.45, 2.75) is 0 Å². The first-order valence-electron chi connectivity index (χ1n) is 4.72. The van der Waals surface area contributed by atoms with Gasteiger partial charge in [-0.25, -0.2) is 9.37 Å². The maximum absolute atomic E-state index is 13.2. The highest BCUT2D eigenvalue weighted by molar-refractivity contribution is 7.08. The zero-order valence-electron chi connectivity index (χ0n) is 8.22. The van der Waals surface area contributed by atoms with Crippen LogP contribution in [0, 0.1) is 5.82 Å². The van der Waals surface area contributed by atoms with Gasteiger partial charge >= 0.3 is 0 Å². The van der Waals surface area contributed by atoms with Gasteiger partial charge in [0.15, 0.2) is 0 Å². The van der Waals surface area contributed by atoms with E-state index in [1.165, 1.54) is 12.1 Å². The first-order chi connectivity index (χ1) is 7.75. The molecule has 2 aromatic heterocycles. The van der Waals surface area contributed by atoms with Gasteiger partial charge in [0, 0.05) is 11.4 Å². The van der Waals surface area contributed by atoms with Gasteiger partial charge in [0.05, 0.1) is 16.7 Å². The molecular weight excluding hydrogens is 225 g/mol. The van der Waals surface area contributed by atoms with Gasteiger partial charge in [-0.1, -0.05) is 0 Å². The fourth-order valence-corrected chi connectivity index (χ4v) is 2.34. The molecule has 0 saturated heterocycles. The molecule has 0 aliphatic heterocycles. The van der Waals surface area contributed by atoms with Crippen molar-refractivity contribution in [2.75, 3.05) is 5.73 Å². The second-order valence-corrected chi connectivity index (χ2v) is 4.20. The van der Waals surface area contributed by atoms with Crippen LogP contribution in [0.2, 0.25) is 0 Å². The Morgan fingerprint density at radius 2 is 2.19 bits per heavy atom. The molecule has 0 radical (unpaired) electrons. The topological polar surface area (TPSA) is 43.8 Å². The quantitative estimate of drug-likeness (QED) is 0.702. The van der Waals surface area contributed by atoms with Crippen LogP contribution in [0.15, 0.2) is 35.0 Å². The minimum absolute atomic E-state index is 0.288. The highest BCUT2D eigenvalue weighted by atomic mass is 32.1. The number of fused-ring (bicyclic) bond motifs is 1. The molecule has 0 amide bonds. The van der Waals surface area contributed by atoms with Gasteiger partial charge in [-0.15, -0.1) is 0 Å². The number of nitrogens with zero attached hydrogens (tertiary/aromatic N) is 2. The van der Waals surface area contributed by atoms with Crippen molar-refractivity contribution in [1.82, 2.24) is 9.55 Å². The monoisotopic (exact) mass is 233 g/mol. The van der Waals surface area contributed by atoms with Crippen molar-refractivity contribution < 1.29 is 4.39 Å². The fraction of sp³-hybridized carbons (Fsp3) is 0. The maximum atomic E-state index is 13.2. The van der Waals surface area contributed by atoms with Crippen LogP contribution in [0.3, 0.4) is 0 Å². The number of nitrogen functional groups attached to an aromatic ring is 1. The number of rotatable bonds is 1. The van der Waals surface area contributed by atoms with Crippen LogP contribution in [-0.4, -0.2) is 9.55 Å². The van der Waals surface area contributed by atoms with Crippen molar-refractivity contribution in [3.8, 4) is 5.69 Å². The number of aromatic nitrogens is 2. The maximum Gasteiger partial charge on any atom is 0.205 e. The average molecular weight is 233 g/mol. The van der Waals surface area contributed by atoms with E-state index < -0.39 is 0 Å². The van der Waals surface area contributed by atoms with Crippen LogP contribution in [0.5, 0.6) is 0 Å². The molecule has 0 aliphatic carbocycles. The summed E-state index contributed by atoms with van der Waals surface area (Å²) in [5, 5.41) is 3.89. The Hall–Kier alpha value is -1.88. The summed E-state index contributed by atoms with van der Waals surface area (Å²) in [6.07, 6.45) is 0. The molecule has 0 aliphatic rings. The van der Waals surface area contributed by atoms with Crippen molar-refractivity contribution in [3.05, 3.63) is 40.8 Å². The first-order valence-corrected chi connectivity index (χ1v) is 5.66. The molecule has 2 heterocycles. The molecule has 0 saturated carbocycles. The van der Waals surface area contributed by atoms with Crippen LogP contribution in [0.1, 0.15) is 0 Å². The van der Waals surface area contributed by atoms with E-state index in [0.29, 0.717) is 17.0 Å². The number of halogens is 1. The van der Waals surface area contributed by atoms with Crippen molar-refractivity contribution >= 4 is 28.3 Å². The van der Waals surface area contributed by atoms with Gasteiger partial charge in [-0.3, -0.25) is 4.57 Å². The molecule has 0 atom stereocenters. The predicted octanol–water partition coefficient (Wildman–Crippen LogP) is 2.81. The Morgan fingerprint density at radius 3 is 2.94 bits per heavy atom. The Kier molecular flexibility index (Phi) is 1.94. The normalized spacial score (nSPS) is 11.1. The number of anilines is 1. The van der Waals surface area contributed by atoms with Gasteiger partial charge in [0.1, 0.15) is 5.82 Å². The number of hydrogen-bond donors (Lipinski definition) is 1. The number of nitrogens with two attached hydrogens (primary N) is 1. The van der Waals surface area contributed by atoms with Gasteiger partial charge in [0.25, 0.3) is 0 Å². The second-order valence-electron chi connectivity index (χ2n) is 3.42. The van der Waals surface area contributed by atoms with E-state index in [9.17, 15) is 4.39 Å². The third kappa shape index (κ3) is 1.29. The Balaban J connectivity index is 2.38. The molecule has 5 heteroatoms. The zero-order chi connectivity index (χ0) is 11.1. The van der Waals surface area contributed by atoms with Crippen molar-refractivity contribution in [2.24, 2.45) is 0 Å². The lowest BCUT2D eigenvalue weighted by atomic mass is 10.3. The summed E-state index contributed by atoms with van der Waals surface area (Å²) in [7, 11) is 0. The average Bonchev–Trinajstić information content (AvgIpc) is 2.83. The number of imidazole rings is 1. The number of hydrogen-bond acceptors (Lipinski definition) is 3. The summed E-state index contributed by atoms with van der Waals surface area (Å²) >= 11 is 1.56. The van der Waals surface area contributed by atoms with Gasteiger partial charge in [-0.2, -0.15) is 11.3 Å². The van der Waals surface area contributed by atoms with Crippen LogP contribution >= 0.6 is 11.3 Å². The Bertz CT molecular complexity index is 643. The minimum Gasteiger partial charge on any atom is -0.369 e. The minimum atomic E-state index is -0.288. The molecule has 3 aromatic rings. The first kappa shape index (κ1) is 9.35. The molecule has 80 valence electrons. The van der Waals surface area contributed by atoms with Crippen molar-refractivity contribution in [3.63, 3.8) is 0 Å². The summed E-state index contributed by atoms with van der Waals surface area (Å²) in [5.41, 5.74) is 8.13. The largest absolute Gasteiger partial charge is 0.369 e. The number of benzene rings is 1. The third-order valence-corrected chi connectivity index (χ3v) is 3.08. The van der Waals surface area contributed by atoms with Gasteiger partial charge < -0.3 is 5.73 Å². The summed E-state index contributed by atoms with van der Waals surface area (Å²) < 4.78 is 14.9. The lowest BCUT2D eigenvalue weighted by molar-refractivity contribution is 0.629. The third-order valence-electron chi connectivity index (χ3n) is 2.41. The summed E-state index contributed by atoms with van der Waals surface area (Å²) in [6, 6.07) is 6.38. The predicted molar refractivity (Wildman–Crippen MR) is 63.3 cm³/mol. The van der Waals surface area contributed by atoms with Crippen molar-refractivity contribution in [1.29, 1.82) is 0 Å². The molecule has 16 heavy (non-hydrogen) atoms. The summed E-state index contributed by atoms with van der Waals surface area (Å²) in [4.78, 5) is 4.19. The summed E-state index contributed by atoms with van der Waals surface area (Å²) in [6.45, 7) is 0. The SMILES string of the molecule is Nc1nc2ccc(F)cc2n1-c1ccsc1. The zero-order valence-corrected chi connectivity index (χ0v) is 9.04. The standard InChI is InChI=1S/C11H8FN3S/c12-7-1-2-9-10(5-7)15(11(13)14-9)8-3-4-16-6-8/h1-6H,(H2,13,14). The highest BCUT2D eigenvalue weighted by Gasteiger charge is 2.10. The molecule has 0 unspecified atom stereocenters. The number of thiophene rings is 1. The van der Waals surface area contributed by atoms with E-state index in [1.54, 1.807) is 22.0 Å². The molecule has 3 nitrogen and oxygen atoms in total. The molecule has 2 N–H and O–H groups in total. The molecule has 3 rings (SSSR count). The van der Waals surface area contributed by atoms with E-state index >= 15 is 0 Å². The van der Waals surface area contributed by atoms with E-state index in [1.807, 2.05) is 16.8 Å². The van der Waals surface area contributed by atoms with E-state index in [2.05, 4.69) is 4.98 Å². The molecule has 0 spiro atoms. The Labute approximate surface area is 95.0 Å². The van der Waals surface area contributed by atoms with Crippen LogP contribution in [-0.2, 0) is 0 Å². The van der Waals surface area contributed by atoms with Crippen LogP contribution < -0.4 is 5.73 Å². The lowest BCUT2D eigenvalue weighted by Gasteiger charge is -2.02. The van der Waals surface area contributed by atoms with Crippen LogP contribution in [0.4, 0.5) is 10.3 Å². The van der Waals surface area contributed by atoms with Crippen LogP contribution in [0.25, 0.3) is 16.7 Å². The fourth-order valence-electron chi connectivity index (χ4n) is 1.72. The summed E-state index contributed by atoms with van der Waals surface area (Å²) in [5.74, 6) is 0.0860.